The lowest BCUT2D eigenvalue weighted by Gasteiger charge is -2.11. The van der Waals surface area contributed by atoms with E-state index in [1.54, 1.807) is 43.6 Å². The van der Waals surface area contributed by atoms with Gasteiger partial charge in [0.25, 0.3) is 0 Å². The average Bonchev–Trinajstić information content (AvgIpc) is 2.93. The zero-order valence-corrected chi connectivity index (χ0v) is 13.2. The quantitative estimate of drug-likeness (QED) is 0.633. The molecule has 2 aromatic rings. The Morgan fingerprint density at radius 2 is 2.00 bits per heavy atom. The van der Waals surface area contributed by atoms with Crippen molar-refractivity contribution in [2.24, 2.45) is 7.05 Å². The second kappa shape index (κ2) is 7.98. The van der Waals surface area contributed by atoms with E-state index in [1.807, 2.05) is 6.92 Å². The van der Waals surface area contributed by atoms with Crippen LogP contribution in [0.1, 0.15) is 30.1 Å². The second-order valence-electron chi connectivity index (χ2n) is 4.95. The van der Waals surface area contributed by atoms with Crippen LogP contribution in [0.4, 0.5) is 16.3 Å². The van der Waals surface area contributed by atoms with E-state index < -0.39 is 12.0 Å². The number of ether oxygens (including phenoxy) is 1. The molecule has 0 atom stereocenters. The summed E-state index contributed by atoms with van der Waals surface area (Å²) >= 11 is 0. The van der Waals surface area contributed by atoms with Crippen LogP contribution in [-0.2, 0) is 11.8 Å². The number of para-hydroxylation sites is 1. The van der Waals surface area contributed by atoms with E-state index in [4.69, 9.17) is 4.74 Å². The molecule has 7 nitrogen and oxygen atoms in total. The molecule has 7 heteroatoms. The maximum absolute atomic E-state index is 12.1. The molecular weight excluding hydrogens is 296 g/mol. The van der Waals surface area contributed by atoms with Crippen LogP contribution < -0.4 is 10.6 Å². The molecule has 23 heavy (non-hydrogen) atoms. The third-order valence-corrected chi connectivity index (χ3v) is 3.19. The van der Waals surface area contributed by atoms with Crippen LogP contribution in [0.3, 0.4) is 0 Å². The fourth-order valence-corrected chi connectivity index (χ4v) is 1.92. The Balaban J connectivity index is 2.03. The van der Waals surface area contributed by atoms with Crippen LogP contribution in [0.2, 0.25) is 0 Å². The van der Waals surface area contributed by atoms with Gasteiger partial charge >= 0.3 is 12.0 Å². The monoisotopic (exact) mass is 316 g/mol. The number of nitrogens with zero attached hydrogens (tertiary/aromatic N) is 2. The van der Waals surface area contributed by atoms with Crippen molar-refractivity contribution in [1.82, 2.24) is 9.78 Å². The molecule has 2 rings (SSSR count). The summed E-state index contributed by atoms with van der Waals surface area (Å²) in [5, 5.41) is 9.28. The highest BCUT2D eigenvalue weighted by atomic mass is 16.5. The molecule has 2 amide bonds. The number of carbonyl (C=O) groups excluding carboxylic acids is 2. The van der Waals surface area contributed by atoms with Gasteiger partial charge in [-0.2, -0.15) is 5.10 Å². The standard InChI is InChI=1S/C16H20N4O3/c1-3-4-11-23-15(21)12-7-5-6-8-13(12)18-16(22)19-14-9-10-17-20(14)2/h5-10H,3-4,11H2,1-2H3,(H2,18,19,22). The highest BCUT2D eigenvalue weighted by Crippen LogP contribution is 2.17. The summed E-state index contributed by atoms with van der Waals surface area (Å²) in [5.41, 5.74) is 0.720. The molecule has 0 radical (unpaired) electrons. The maximum Gasteiger partial charge on any atom is 0.340 e. The van der Waals surface area contributed by atoms with E-state index in [1.165, 1.54) is 4.68 Å². The Kier molecular flexibility index (Phi) is 5.74. The highest BCUT2D eigenvalue weighted by Gasteiger charge is 2.14. The lowest BCUT2D eigenvalue weighted by molar-refractivity contribution is 0.0501. The minimum atomic E-state index is -0.456. The van der Waals surface area contributed by atoms with Gasteiger partial charge in [0.05, 0.1) is 24.1 Å². The third kappa shape index (κ3) is 4.57. The molecular formula is C16H20N4O3. The second-order valence-corrected chi connectivity index (χ2v) is 4.95. The van der Waals surface area contributed by atoms with Gasteiger partial charge in [0.1, 0.15) is 5.82 Å². The molecule has 0 bridgehead atoms. The normalized spacial score (nSPS) is 10.2. The molecule has 0 fully saturated rings. The first-order chi connectivity index (χ1) is 11.1. The van der Waals surface area contributed by atoms with Crippen LogP contribution in [0, 0.1) is 0 Å². The molecule has 0 saturated carbocycles. The Bertz CT molecular complexity index is 681. The maximum atomic E-state index is 12.1. The molecule has 122 valence electrons. The predicted octanol–water partition coefficient (Wildman–Crippen LogP) is 3.02. The first-order valence-corrected chi connectivity index (χ1v) is 7.44. The van der Waals surface area contributed by atoms with Crippen molar-refractivity contribution >= 4 is 23.5 Å². The van der Waals surface area contributed by atoms with Crippen LogP contribution in [-0.4, -0.2) is 28.4 Å². The summed E-state index contributed by atoms with van der Waals surface area (Å²) in [5.74, 6) is 0.0976. The van der Waals surface area contributed by atoms with Gasteiger partial charge < -0.3 is 10.1 Å². The average molecular weight is 316 g/mol. The molecule has 0 aliphatic carbocycles. The van der Waals surface area contributed by atoms with Crippen LogP contribution in [0.15, 0.2) is 36.5 Å². The van der Waals surface area contributed by atoms with Crippen molar-refractivity contribution in [2.45, 2.75) is 19.8 Å². The molecule has 0 unspecified atom stereocenters. The van der Waals surface area contributed by atoms with Crippen molar-refractivity contribution in [2.75, 3.05) is 17.2 Å². The van der Waals surface area contributed by atoms with E-state index in [2.05, 4.69) is 15.7 Å². The van der Waals surface area contributed by atoms with Crippen molar-refractivity contribution in [1.29, 1.82) is 0 Å². The molecule has 0 aliphatic heterocycles. The molecule has 1 aromatic carbocycles. The first-order valence-electron chi connectivity index (χ1n) is 7.44. The third-order valence-electron chi connectivity index (χ3n) is 3.19. The number of aryl methyl sites for hydroxylation is 1. The fraction of sp³-hybridized carbons (Fsp3) is 0.312. The number of anilines is 2. The summed E-state index contributed by atoms with van der Waals surface area (Å²) in [6, 6.07) is 7.95. The Morgan fingerprint density at radius 1 is 1.22 bits per heavy atom. The van der Waals surface area contributed by atoms with Gasteiger partial charge in [-0.3, -0.25) is 10.00 Å². The van der Waals surface area contributed by atoms with E-state index in [0.717, 1.165) is 12.8 Å². The smallest absolute Gasteiger partial charge is 0.340 e. The van der Waals surface area contributed by atoms with Gasteiger partial charge in [-0.25, -0.2) is 9.59 Å². The molecule has 0 saturated heterocycles. The molecule has 1 aromatic heterocycles. The summed E-state index contributed by atoms with van der Waals surface area (Å²) in [6.07, 6.45) is 3.33. The first kappa shape index (κ1) is 16.5. The number of rotatable bonds is 6. The fourth-order valence-electron chi connectivity index (χ4n) is 1.92. The number of carbonyl (C=O) groups is 2. The van der Waals surface area contributed by atoms with Crippen LogP contribution >= 0.6 is 0 Å². The Morgan fingerprint density at radius 3 is 2.70 bits per heavy atom. The molecule has 0 aliphatic rings. The highest BCUT2D eigenvalue weighted by molar-refractivity contribution is 6.04. The summed E-state index contributed by atoms with van der Waals surface area (Å²) in [7, 11) is 1.72. The molecule has 0 spiro atoms. The lowest BCUT2D eigenvalue weighted by atomic mass is 10.2. The zero-order valence-electron chi connectivity index (χ0n) is 13.2. The number of urea groups is 1. The van der Waals surface area contributed by atoms with Crippen molar-refractivity contribution in [3.63, 3.8) is 0 Å². The van der Waals surface area contributed by atoms with E-state index in [-0.39, 0.29) is 0 Å². The van der Waals surface area contributed by atoms with E-state index >= 15 is 0 Å². The SMILES string of the molecule is CCCCOC(=O)c1ccccc1NC(=O)Nc1ccnn1C. The van der Waals surface area contributed by atoms with Gasteiger partial charge in [-0.05, 0) is 18.6 Å². The predicted molar refractivity (Wildman–Crippen MR) is 87.5 cm³/mol. The van der Waals surface area contributed by atoms with E-state index in [9.17, 15) is 9.59 Å². The largest absolute Gasteiger partial charge is 0.462 e. The zero-order chi connectivity index (χ0) is 16.7. The number of aromatic nitrogens is 2. The molecule has 2 N–H and O–H groups in total. The van der Waals surface area contributed by atoms with Crippen molar-refractivity contribution < 1.29 is 14.3 Å². The van der Waals surface area contributed by atoms with Gasteiger partial charge in [-0.1, -0.05) is 25.5 Å². The minimum Gasteiger partial charge on any atom is -0.462 e. The number of benzene rings is 1. The summed E-state index contributed by atoms with van der Waals surface area (Å²) in [4.78, 5) is 24.1. The number of hydrogen-bond donors (Lipinski definition) is 2. The summed E-state index contributed by atoms with van der Waals surface area (Å²) in [6.45, 7) is 2.39. The molecule has 1 heterocycles. The Labute approximate surface area is 134 Å². The van der Waals surface area contributed by atoms with Crippen LogP contribution in [0.25, 0.3) is 0 Å². The van der Waals surface area contributed by atoms with Crippen LogP contribution in [0.5, 0.6) is 0 Å². The van der Waals surface area contributed by atoms with Crippen molar-refractivity contribution in [3.8, 4) is 0 Å². The Hall–Kier alpha value is -2.83. The van der Waals surface area contributed by atoms with Gasteiger partial charge in [0.15, 0.2) is 0 Å². The van der Waals surface area contributed by atoms with Gasteiger partial charge in [0, 0.05) is 13.1 Å². The van der Waals surface area contributed by atoms with Crippen molar-refractivity contribution in [3.05, 3.63) is 42.1 Å². The number of esters is 1. The number of amides is 2. The topological polar surface area (TPSA) is 85.2 Å². The number of nitrogens with one attached hydrogen (secondary N) is 2. The lowest BCUT2D eigenvalue weighted by Crippen LogP contribution is -2.22. The summed E-state index contributed by atoms with van der Waals surface area (Å²) < 4.78 is 6.72. The van der Waals surface area contributed by atoms with E-state index in [0.29, 0.717) is 23.7 Å². The van der Waals surface area contributed by atoms with Gasteiger partial charge in [0.2, 0.25) is 0 Å². The number of unbranched alkanes of at least 4 members (excludes halogenated alkanes) is 1. The minimum absolute atomic E-state index is 0.323. The van der Waals surface area contributed by atoms with Gasteiger partial charge in [-0.15, -0.1) is 0 Å². The number of hydrogen-bond acceptors (Lipinski definition) is 4.